The Kier molecular flexibility index (Phi) is 5.94. The van der Waals surface area contributed by atoms with Gasteiger partial charge in [0.1, 0.15) is 11.9 Å². The van der Waals surface area contributed by atoms with Crippen LogP contribution in [-0.4, -0.2) is 50.0 Å². The minimum atomic E-state index is -0.605. The molecule has 7 rings (SSSR count). The Labute approximate surface area is 231 Å². The van der Waals surface area contributed by atoms with Crippen molar-refractivity contribution >= 4 is 23.4 Å². The Balaban J connectivity index is 0.971. The first kappa shape index (κ1) is 24.9. The number of imide groups is 1. The van der Waals surface area contributed by atoms with Crippen LogP contribution >= 0.6 is 0 Å². The predicted molar refractivity (Wildman–Crippen MR) is 145 cm³/mol. The zero-order valence-electron chi connectivity index (χ0n) is 22.3. The van der Waals surface area contributed by atoms with Crippen LogP contribution in [0.25, 0.3) is 11.3 Å². The molecule has 2 aliphatic carbocycles. The number of amides is 3. The first-order chi connectivity index (χ1) is 19.3. The lowest BCUT2D eigenvalue weighted by Gasteiger charge is -2.35. The number of rotatable bonds is 7. The molecule has 2 aromatic heterocycles. The van der Waals surface area contributed by atoms with Crippen LogP contribution in [0.1, 0.15) is 77.8 Å². The molecule has 1 aromatic carbocycles. The van der Waals surface area contributed by atoms with Crippen molar-refractivity contribution < 1.29 is 18.8 Å². The molecule has 4 aliphatic rings. The average molecular weight is 543 g/mol. The number of pyridine rings is 1. The van der Waals surface area contributed by atoms with Crippen LogP contribution in [0.4, 0.5) is 10.1 Å². The number of anilines is 1. The Morgan fingerprint density at radius 1 is 1.07 bits per heavy atom. The van der Waals surface area contributed by atoms with Gasteiger partial charge in [0, 0.05) is 48.4 Å². The Morgan fingerprint density at radius 2 is 1.90 bits per heavy atom. The lowest BCUT2D eigenvalue weighted by Crippen LogP contribution is -2.52. The first-order valence-corrected chi connectivity index (χ1v) is 14.1. The van der Waals surface area contributed by atoms with E-state index in [4.69, 9.17) is 5.10 Å². The summed E-state index contributed by atoms with van der Waals surface area (Å²) >= 11 is 0. The molecule has 0 spiro atoms. The lowest BCUT2D eigenvalue weighted by molar-refractivity contribution is -0.136. The lowest BCUT2D eigenvalue weighted by atomic mass is 9.80. The van der Waals surface area contributed by atoms with Gasteiger partial charge in [0.25, 0.3) is 5.91 Å². The Hall–Kier alpha value is -4.08. The van der Waals surface area contributed by atoms with E-state index >= 15 is 0 Å². The number of benzene rings is 1. The van der Waals surface area contributed by atoms with Crippen molar-refractivity contribution in [2.75, 3.05) is 11.9 Å². The number of nitrogens with one attached hydrogen (secondary N) is 2. The van der Waals surface area contributed by atoms with E-state index in [0.717, 1.165) is 60.4 Å². The van der Waals surface area contributed by atoms with Gasteiger partial charge >= 0.3 is 0 Å². The number of hydrogen-bond acceptors (Lipinski definition) is 6. The number of nitrogens with zero attached hydrogens (tertiary/aromatic N) is 4. The molecule has 1 saturated heterocycles. The van der Waals surface area contributed by atoms with Crippen LogP contribution in [0.3, 0.4) is 0 Å². The second-order valence-corrected chi connectivity index (χ2v) is 11.6. The molecule has 2 N–H and O–H groups in total. The average Bonchev–Trinajstić information content (AvgIpc) is 3.58. The molecule has 2 saturated carbocycles. The molecule has 0 radical (unpaired) electrons. The van der Waals surface area contributed by atoms with Gasteiger partial charge < -0.3 is 10.2 Å². The Morgan fingerprint density at radius 3 is 2.65 bits per heavy atom. The minimum Gasteiger partial charge on any atom is -0.385 e. The smallest absolute Gasteiger partial charge is 0.255 e. The number of hydrogen-bond donors (Lipinski definition) is 2. The SMILES string of the molecule is Cc1nc(-c2cn([C@H]3C[C@H](CNc4ccc5c(c4)CN(C4CCC(=O)NC4=O)C5=O)C3)nc2C2CC2)ccc1F. The van der Waals surface area contributed by atoms with Gasteiger partial charge in [-0.1, -0.05) is 0 Å². The summed E-state index contributed by atoms with van der Waals surface area (Å²) in [5, 5.41) is 10.8. The van der Waals surface area contributed by atoms with Crippen molar-refractivity contribution in [2.24, 2.45) is 5.92 Å². The largest absolute Gasteiger partial charge is 0.385 e. The topological polar surface area (TPSA) is 109 Å². The summed E-state index contributed by atoms with van der Waals surface area (Å²) in [5.41, 5.74) is 5.76. The highest BCUT2D eigenvalue weighted by Gasteiger charge is 2.39. The molecule has 3 aromatic rings. The highest BCUT2D eigenvalue weighted by atomic mass is 19.1. The predicted octanol–water partition coefficient (Wildman–Crippen LogP) is 4.09. The third-order valence-corrected chi connectivity index (χ3v) is 8.73. The van der Waals surface area contributed by atoms with E-state index in [1.165, 1.54) is 6.07 Å². The summed E-state index contributed by atoms with van der Waals surface area (Å²) in [5.74, 6) is -0.158. The quantitative estimate of drug-likeness (QED) is 0.436. The van der Waals surface area contributed by atoms with E-state index in [2.05, 4.69) is 26.5 Å². The molecule has 3 fully saturated rings. The molecular formula is C30H31FN6O3. The number of carbonyl (C=O) groups excluding carboxylic acids is 3. The van der Waals surface area contributed by atoms with Gasteiger partial charge in [-0.2, -0.15) is 5.10 Å². The molecule has 2 aliphatic heterocycles. The summed E-state index contributed by atoms with van der Waals surface area (Å²) in [6, 6.07) is 8.70. The molecule has 9 nitrogen and oxygen atoms in total. The minimum absolute atomic E-state index is 0.159. The maximum atomic E-state index is 13.8. The fourth-order valence-corrected chi connectivity index (χ4v) is 6.17. The van der Waals surface area contributed by atoms with E-state index in [9.17, 15) is 18.8 Å². The normalized spacial score (nSPS) is 24.1. The van der Waals surface area contributed by atoms with Crippen molar-refractivity contribution in [2.45, 2.75) is 70.0 Å². The van der Waals surface area contributed by atoms with Gasteiger partial charge in [-0.3, -0.25) is 24.4 Å². The number of aryl methyl sites for hydroxylation is 1. The van der Waals surface area contributed by atoms with E-state index in [1.807, 2.05) is 18.2 Å². The van der Waals surface area contributed by atoms with E-state index < -0.39 is 11.9 Å². The van der Waals surface area contributed by atoms with E-state index in [1.54, 1.807) is 17.9 Å². The highest BCUT2D eigenvalue weighted by Crippen LogP contribution is 2.45. The van der Waals surface area contributed by atoms with Crippen LogP contribution in [0, 0.1) is 18.7 Å². The van der Waals surface area contributed by atoms with Crippen molar-refractivity contribution in [1.29, 1.82) is 0 Å². The Bertz CT molecular complexity index is 1540. The molecule has 1 unspecified atom stereocenters. The fourth-order valence-electron chi connectivity index (χ4n) is 6.17. The van der Waals surface area contributed by atoms with Gasteiger partial charge in [0.2, 0.25) is 11.8 Å². The molecule has 40 heavy (non-hydrogen) atoms. The summed E-state index contributed by atoms with van der Waals surface area (Å²) in [6.07, 6.45) is 7.00. The molecule has 1 atom stereocenters. The van der Waals surface area contributed by atoms with Crippen molar-refractivity contribution in [3.63, 3.8) is 0 Å². The molecule has 3 amide bonds. The summed E-state index contributed by atoms with van der Waals surface area (Å²) in [6.45, 7) is 2.88. The van der Waals surface area contributed by atoms with Crippen LogP contribution in [0.15, 0.2) is 36.5 Å². The number of fused-ring (bicyclic) bond motifs is 1. The van der Waals surface area contributed by atoms with Gasteiger partial charge in [-0.05, 0) is 80.8 Å². The fraction of sp³-hybridized carbons (Fsp3) is 0.433. The van der Waals surface area contributed by atoms with Gasteiger partial charge in [0.15, 0.2) is 0 Å². The van der Waals surface area contributed by atoms with Crippen molar-refractivity contribution in [3.05, 3.63) is 64.9 Å². The maximum absolute atomic E-state index is 13.8. The summed E-state index contributed by atoms with van der Waals surface area (Å²) in [7, 11) is 0. The molecule has 0 bridgehead atoms. The maximum Gasteiger partial charge on any atom is 0.255 e. The number of halogens is 1. The zero-order valence-corrected chi connectivity index (χ0v) is 22.3. The zero-order chi connectivity index (χ0) is 27.5. The van der Waals surface area contributed by atoms with Gasteiger partial charge in [-0.15, -0.1) is 0 Å². The third-order valence-electron chi connectivity index (χ3n) is 8.73. The monoisotopic (exact) mass is 542 g/mol. The molecule has 206 valence electrons. The van der Waals surface area contributed by atoms with Crippen LogP contribution in [0.2, 0.25) is 0 Å². The molecular weight excluding hydrogens is 511 g/mol. The van der Waals surface area contributed by atoms with Crippen molar-refractivity contribution in [3.8, 4) is 11.3 Å². The number of piperidine rings is 1. The number of carbonyl (C=O) groups is 3. The first-order valence-electron chi connectivity index (χ1n) is 14.1. The van der Waals surface area contributed by atoms with Crippen molar-refractivity contribution in [1.82, 2.24) is 25.0 Å². The summed E-state index contributed by atoms with van der Waals surface area (Å²) in [4.78, 5) is 42.8. The summed E-state index contributed by atoms with van der Waals surface area (Å²) < 4.78 is 15.9. The van der Waals surface area contributed by atoms with Crippen LogP contribution in [-0.2, 0) is 16.1 Å². The van der Waals surface area contributed by atoms with E-state index in [-0.39, 0.29) is 24.1 Å². The standard InChI is InChI=1S/C30H31FN6O3/c1-16-24(31)6-7-25(33-16)23-15-37(35-28(23)18-2-3-18)21-10-17(11-21)13-32-20-4-5-22-19(12-20)14-36(30(22)40)26-8-9-27(38)34-29(26)39/h4-7,12,15,17-18,21,26,32H,2-3,8-11,13-14H2,1H3,(H,34,38,39)/t17-,21-,26?. The van der Waals surface area contributed by atoms with Crippen LogP contribution in [0.5, 0.6) is 0 Å². The van der Waals surface area contributed by atoms with E-state index in [0.29, 0.717) is 42.1 Å². The second-order valence-electron chi connectivity index (χ2n) is 11.6. The van der Waals surface area contributed by atoms with Gasteiger partial charge in [-0.25, -0.2) is 9.37 Å². The highest BCUT2D eigenvalue weighted by molar-refractivity contribution is 6.05. The third kappa shape index (κ3) is 4.45. The van der Waals surface area contributed by atoms with Gasteiger partial charge in [0.05, 0.1) is 23.1 Å². The molecule has 10 heteroatoms. The van der Waals surface area contributed by atoms with Crippen LogP contribution < -0.4 is 10.6 Å². The second kappa shape index (κ2) is 9.53. The number of aromatic nitrogens is 3. The molecule has 4 heterocycles.